The second-order valence-electron chi connectivity index (χ2n) is 3.21. The Hall–Kier alpha value is -1.02. The van der Waals surface area contributed by atoms with E-state index in [1.807, 2.05) is 12.1 Å². The maximum Gasteiger partial charge on any atom is 0.123 e. The molecule has 1 N–H and O–H groups in total. The smallest absolute Gasteiger partial charge is 0.123 e. The van der Waals surface area contributed by atoms with Crippen molar-refractivity contribution in [3.05, 3.63) is 29.8 Å². The molecule has 0 saturated carbocycles. The minimum Gasteiger partial charge on any atom is -0.488 e. The molecule has 0 aliphatic carbocycles. The summed E-state index contributed by atoms with van der Waals surface area (Å²) < 4.78 is 5.67. The van der Waals surface area contributed by atoms with Crippen LogP contribution in [0.3, 0.4) is 0 Å². The summed E-state index contributed by atoms with van der Waals surface area (Å²) in [7, 11) is 0. The van der Waals surface area contributed by atoms with Crippen molar-refractivity contribution >= 4 is 0 Å². The molecule has 2 nitrogen and oxygen atoms in total. The van der Waals surface area contributed by atoms with E-state index < -0.39 is 0 Å². The van der Waals surface area contributed by atoms with E-state index in [2.05, 4.69) is 24.4 Å². The first-order valence-electron chi connectivity index (χ1n) is 4.28. The van der Waals surface area contributed by atoms with E-state index in [0.29, 0.717) is 6.10 Å². The van der Waals surface area contributed by atoms with Crippen LogP contribution in [0.25, 0.3) is 0 Å². The van der Waals surface area contributed by atoms with Gasteiger partial charge < -0.3 is 10.1 Å². The van der Waals surface area contributed by atoms with Crippen molar-refractivity contribution in [2.75, 3.05) is 13.1 Å². The highest BCUT2D eigenvalue weighted by molar-refractivity contribution is 5.27. The molecule has 0 unspecified atom stereocenters. The molecule has 2 heteroatoms. The zero-order valence-corrected chi connectivity index (χ0v) is 7.21. The third-order valence-electron chi connectivity index (χ3n) is 2.04. The molecular weight excluding hydrogens is 150 g/mol. The van der Waals surface area contributed by atoms with Gasteiger partial charge in [-0.25, -0.2) is 0 Å². The van der Waals surface area contributed by atoms with Crippen molar-refractivity contribution in [2.45, 2.75) is 13.0 Å². The average molecular weight is 163 g/mol. The van der Waals surface area contributed by atoms with Crippen molar-refractivity contribution in [1.82, 2.24) is 5.32 Å². The Morgan fingerprint density at radius 2 is 2.25 bits per heavy atom. The van der Waals surface area contributed by atoms with E-state index >= 15 is 0 Å². The lowest BCUT2D eigenvalue weighted by molar-refractivity contribution is 0.142. The molecule has 0 amide bonds. The van der Waals surface area contributed by atoms with Crippen LogP contribution < -0.4 is 10.1 Å². The highest BCUT2D eigenvalue weighted by atomic mass is 16.5. The number of rotatable bonds is 2. The summed E-state index contributed by atoms with van der Waals surface area (Å²) in [6.07, 6.45) is 0.381. The minimum atomic E-state index is 0.381. The normalized spacial score (nSPS) is 17.1. The van der Waals surface area contributed by atoms with Gasteiger partial charge in [0.25, 0.3) is 0 Å². The Balaban J connectivity index is 2.02. The lowest BCUT2D eigenvalue weighted by Gasteiger charge is -2.27. The van der Waals surface area contributed by atoms with E-state index in [0.717, 1.165) is 18.8 Å². The van der Waals surface area contributed by atoms with Crippen LogP contribution in [0.15, 0.2) is 24.3 Å². The third kappa shape index (κ3) is 1.59. The molecule has 0 aromatic heterocycles. The van der Waals surface area contributed by atoms with Crippen molar-refractivity contribution in [3.8, 4) is 5.75 Å². The molecule has 0 bridgehead atoms. The average Bonchev–Trinajstić information content (AvgIpc) is 1.97. The van der Waals surface area contributed by atoms with Crippen molar-refractivity contribution < 1.29 is 4.74 Å². The third-order valence-corrected chi connectivity index (χ3v) is 2.04. The molecule has 64 valence electrons. The van der Waals surface area contributed by atoms with Gasteiger partial charge in [0.2, 0.25) is 0 Å². The van der Waals surface area contributed by atoms with Gasteiger partial charge in [-0.05, 0) is 24.6 Å². The molecule has 1 fully saturated rings. The summed E-state index contributed by atoms with van der Waals surface area (Å²) in [6.45, 7) is 4.04. The summed E-state index contributed by atoms with van der Waals surface area (Å²) in [5.41, 5.74) is 1.25. The molecule has 2 rings (SSSR count). The maximum absolute atomic E-state index is 5.67. The summed E-state index contributed by atoms with van der Waals surface area (Å²) >= 11 is 0. The van der Waals surface area contributed by atoms with Crippen LogP contribution in [0.4, 0.5) is 0 Å². The molecule has 0 spiro atoms. The molecule has 1 aliphatic heterocycles. The van der Waals surface area contributed by atoms with Crippen LogP contribution in [0.2, 0.25) is 0 Å². The molecule has 1 saturated heterocycles. The number of aryl methyl sites for hydroxylation is 1. The van der Waals surface area contributed by atoms with Gasteiger partial charge in [0.1, 0.15) is 11.9 Å². The van der Waals surface area contributed by atoms with E-state index in [1.54, 1.807) is 0 Å². The second-order valence-corrected chi connectivity index (χ2v) is 3.21. The Morgan fingerprint density at radius 1 is 1.42 bits per heavy atom. The second kappa shape index (κ2) is 3.15. The van der Waals surface area contributed by atoms with Gasteiger partial charge in [-0.3, -0.25) is 0 Å². The highest BCUT2D eigenvalue weighted by Gasteiger charge is 2.17. The van der Waals surface area contributed by atoms with Crippen molar-refractivity contribution in [3.63, 3.8) is 0 Å². The fourth-order valence-corrected chi connectivity index (χ4v) is 1.23. The molecule has 1 aromatic rings. The minimum absolute atomic E-state index is 0.381. The Kier molecular flexibility index (Phi) is 2.00. The lowest BCUT2D eigenvalue weighted by Crippen LogP contribution is -2.50. The number of nitrogens with one attached hydrogen (secondary N) is 1. The van der Waals surface area contributed by atoms with E-state index in [1.165, 1.54) is 5.56 Å². The molecule has 0 radical (unpaired) electrons. The molecule has 0 atom stereocenters. The SMILES string of the molecule is Cc1cccc(OC2CNC2)c1. The standard InChI is InChI=1S/C10H13NO/c1-8-3-2-4-9(5-8)12-10-6-11-7-10/h2-5,10-11H,6-7H2,1H3. The highest BCUT2D eigenvalue weighted by Crippen LogP contribution is 2.15. The van der Waals surface area contributed by atoms with Crippen molar-refractivity contribution in [1.29, 1.82) is 0 Å². The van der Waals surface area contributed by atoms with Gasteiger partial charge in [-0.1, -0.05) is 12.1 Å². The summed E-state index contributed by atoms with van der Waals surface area (Å²) in [4.78, 5) is 0. The number of hydrogen-bond donors (Lipinski definition) is 1. The van der Waals surface area contributed by atoms with Gasteiger partial charge in [0.15, 0.2) is 0 Å². The fraction of sp³-hybridized carbons (Fsp3) is 0.400. The van der Waals surface area contributed by atoms with Gasteiger partial charge in [-0.2, -0.15) is 0 Å². The zero-order valence-electron chi connectivity index (χ0n) is 7.21. The Bertz CT molecular complexity index is 268. The largest absolute Gasteiger partial charge is 0.488 e. The summed E-state index contributed by atoms with van der Waals surface area (Å²) in [5.74, 6) is 0.988. The first-order valence-corrected chi connectivity index (χ1v) is 4.28. The van der Waals surface area contributed by atoms with Crippen LogP contribution in [-0.4, -0.2) is 19.2 Å². The maximum atomic E-state index is 5.67. The van der Waals surface area contributed by atoms with E-state index in [-0.39, 0.29) is 0 Å². The van der Waals surface area contributed by atoms with Crippen LogP contribution in [0.1, 0.15) is 5.56 Å². The predicted molar refractivity (Wildman–Crippen MR) is 48.5 cm³/mol. The van der Waals surface area contributed by atoms with Crippen LogP contribution in [0.5, 0.6) is 5.75 Å². The number of benzene rings is 1. The monoisotopic (exact) mass is 163 g/mol. The zero-order chi connectivity index (χ0) is 8.39. The van der Waals surface area contributed by atoms with E-state index in [9.17, 15) is 0 Å². The Morgan fingerprint density at radius 3 is 2.83 bits per heavy atom. The van der Waals surface area contributed by atoms with Crippen LogP contribution in [0, 0.1) is 6.92 Å². The number of hydrogen-bond acceptors (Lipinski definition) is 2. The first-order chi connectivity index (χ1) is 5.84. The molecule has 1 heterocycles. The molecule has 1 aromatic carbocycles. The van der Waals surface area contributed by atoms with Crippen LogP contribution in [-0.2, 0) is 0 Å². The van der Waals surface area contributed by atoms with Gasteiger partial charge in [-0.15, -0.1) is 0 Å². The lowest BCUT2D eigenvalue weighted by atomic mass is 10.2. The summed E-state index contributed by atoms with van der Waals surface area (Å²) in [5, 5.41) is 3.17. The number of ether oxygens (including phenoxy) is 1. The van der Waals surface area contributed by atoms with E-state index in [4.69, 9.17) is 4.74 Å². The van der Waals surface area contributed by atoms with Crippen molar-refractivity contribution in [2.24, 2.45) is 0 Å². The van der Waals surface area contributed by atoms with Crippen LogP contribution >= 0.6 is 0 Å². The van der Waals surface area contributed by atoms with Gasteiger partial charge in [0.05, 0.1) is 0 Å². The predicted octanol–water partition coefficient (Wildman–Crippen LogP) is 1.35. The quantitative estimate of drug-likeness (QED) is 0.710. The van der Waals surface area contributed by atoms with Gasteiger partial charge in [0, 0.05) is 13.1 Å². The molecule has 12 heavy (non-hydrogen) atoms. The Labute approximate surface area is 72.5 Å². The van der Waals surface area contributed by atoms with Gasteiger partial charge >= 0.3 is 0 Å². The molecular formula is C10H13NO. The summed E-state index contributed by atoms with van der Waals surface area (Å²) in [6, 6.07) is 8.17. The fourth-order valence-electron chi connectivity index (χ4n) is 1.23. The topological polar surface area (TPSA) is 21.3 Å². The first kappa shape index (κ1) is 7.62. The molecule has 1 aliphatic rings.